The van der Waals surface area contributed by atoms with Gasteiger partial charge < -0.3 is 10.5 Å². The summed E-state index contributed by atoms with van der Waals surface area (Å²) in [5.74, 6) is -0.296. The molecule has 0 atom stereocenters. The molecule has 1 heterocycles. The fourth-order valence-electron chi connectivity index (χ4n) is 1.40. The minimum atomic E-state index is -0.660. The van der Waals surface area contributed by atoms with Gasteiger partial charge in [-0.15, -0.1) is 24.8 Å². The second kappa shape index (κ2) is 6.98. The quantitative estimate of drug-likeness (QED) is 0.937. The number of hydrogen-bond donors (Lipinski definition) is 1. The number of nitrogens with two attached hydrogens (primary N) is 1. The van der Waals surface area contributed by atoms with Crippen LogP contribution >= 0.6 is 24.8 Å². The summed E-state index contributed by atoms with van der Waals surface area (Å²) in [6, 6.07) is 7.31. The first-order valence-corrected chi connectivity index (χ1v) is 4.91. The Bertz CT molecular complexity index is 549. The lowest BCUT2D eigenvalue weighted by Gasteiger charge is -2.06. The number of carbonyl (C=O) groups is 1. The summed E-state index contributed by atoms with van der Waals surface area (Å²) in [4.78, 5) is 19.1. The normalized spacial score (nSPS) is 9.17. The predicted octanol–water partition coefficient (Wildman–Crippen LogP) is 1.97. The molecule has 98 valence electrons. The first-order chi connectivity index (χ1) is 7.72. The maximum absolute atomic E-state index is 11.0. The van der Waals surface area contributed by atoms with E-state index in [2.05, 4.69) is 9.97 Å². The van der Waals surface area contributed by atoms with Gasteiger partial charge in [0.15, 0.2) is 0 Å². The molecule has 2 rings (SSSR count). The van der Waals surface area contributed by atoms with Crippen LogP contribution in [0, 0.1) is 0 Å². The highest BCUT2D eigenvalue weighted by atomic mass is 35.5. The number of amides is 1. The molecule has 1 aromatic heterocycles. The van der Waals surface area contributed by atoms with Gasteiger partial charge in [-0.25, -0.2) is 4.98 Å². The maximum atomic E-state index is 11.0. The second-order valence-corrected chi connectivity index (χ2v) is 3.17. The molecule has 0 radical (unpaired) electrons. The number of hydrogen-bond acceptors (Lipinski definition) is 4. The SMILES string of the molecule is CCOc1nc(C(N)=O)nc2ccccc12.Cl.Cl. The molecule has 0 aliphatic rings. The van der Waals surface area contributed by atoms with E-state index >= 15 is 0 Å². The van der Waals surface area contributed by atoms with Crippen molar-refractivity contribution in [1.82, 2.24) is 9.97 Å². The molecule has 0 fully saturated rings. The van der Waals surface area contributed by atoms with E-state index < -0.39 is 5.91 Å². The largest absolute Gasteiger partial charge is 0.477 e. The number of halogens is 2. The van der Waals surface area contributed by atoms with E-state index in [4.69, 9.17) is 10.5 Å². The Labute approximate surface area is 117 Å². The lowest BCUT2D eigenvalue weighted by Crippen LogP contribution is -2.16. The number of para-hydroxylation sites is 1. The summed E-state index contributed by atoms with van der Waals surface area (Å²) in [5, 5.41) is 0.773. The van der Waals surface area contributed by atoms with Gasteiger partial charge in [-0.2, -0.15) is 4.98 Å². The zero-order valence-electron chi connectivity index (χ0n) is 9.62. The third-order valence-corrected chi connectivity index (χ3v) is 2.07. The number of nitrogens with zero attached hydrogens (tertiary/aromatic N) is 2. The van der Waals surface area contributed by atoms with E-state index in [-0.39, 0.29) is 30.6 Å². The highest BCUT2D eigenvalue weighted by Gasteiger charge is 2.11. The number of rotatable bonds is 3. The van der Waals surface area contributed by atoms with Crippen molar-refractivity contribution in [2.45, 2.75) is 6.92 Å². The zero-order valence-corrected chi connectivity index (χ0v) is 11.3. The molecule has 0 saturated carbocycles. The van der Waals surface area contributed by atoms with Crippen LogP contribution in [0.4, 0.5) is 0 Å². The Balaban J connectivity index is 0.00000144. The molecule has 0 aliphatic carbocycles. The average molecular weight is 290 g/mol. The van der Waals surface area contributed by atoms with E-state index in [0.717, 1.165) is 5.39 Å². The van der Waals surface area contributed by atoms with Crippen LogP contribution in [0.15, 0.2) is 24.3 Å². The minimum absolute atomic E-state index is 0. The Hall–Kier alpha value is -1.59. The van der Waals surface area contributed by atoms with Gasteiger partial charge in [0.1, 0.15) is 0 Å². The highest BCUT2D eigenvalue weighted by Crippen LogP contribution is 2.21. The fraction of sp³-hybridized carbons (Fsp3) is 0.182. The number of benzene rings is 1. The lowest BCUT2D eigenvalue weighted by atomic mass is 10.2. The molecule has 18 heavy (non-hydrogen) atoms. The van der Waals surface area contributed by atoms with Crippen LogP contribution in [0.5, 0.6) is 5.88 Å². The molecule has 0 spiro atoms. The van der Waals surface area contributed by atoms with E-state index in [0.29, 0.717) is 18.0 Å². The molecule has 2 N–H and O–H groups in total. The van der Waals surface area contributed by atoms with Crippen molar-refractivity contribution in [1.29, 1.82) is 0 Å². The molecule has 2 aromatic rings. The van der Waals surface area contributed by atoms with Gasteiger partial charge in [-0.3, -0.25) is 4.79 Å². The van der Waals surface area contributed by atoms with Crippen LogP contribution < -0.4 is 10.5 Å². The van der Waals surface area contributed by atoms with Crippen LogP contribution in [0.1, 0.15) is 17.5 Å². The molecule has 0 saturated heterocycles. The van der Waals surface area contributed by atoms with Gasteiger partial charge in [0.2, 0.25) is 11.7 Å². The predicted molar refractivity (Wildman–Crippen MR) is 73.7 cm³/mol. The van der Waals surface area contributed by atoms with Gasteiger partial charge in [0.05, 0.1) is 17.5 Å². The van der Waals surface area contributed by atoms with Gasteiger partial charge in [0, 0.05) is 0 Å². The van der Waals surface area contributed by atoms with E-state index in [9.17, 15) is 4.79 Å². The molecule has 0 unspecified atom stereocenters. The van der Waals surface area contributed by atoms with Crippen LogP contribution in [0.25, 0.3) is 10.9 Å². The standard InChI is InChI=1S/C11H11N3O2.2ClH/c1-2-16-11-7-5-3-4-6-8(7)13-10(14-11)9(12)15;;/h3-6H,2H2,1H3,(H2,12,15);2*1H. The van der Waals surface area contributed by atoms with Crippen LogP contribution in [0.2, 0.25) is 0 Å². The monoisotopic (exact) mass is 289 g/mol. The molecule has 0 bridgehead atoms. The van der Waals surface area contributed by atoms with Crippen molar-refractivity contribution in [2.24, 2.45) is 5.73 Å². The summed E-state index contributed by atoms with van der Waals surface area (Å²) in [6.07, 6.45) is 0. The van der Waals surface area contributed by atoms with Crippen molar-refractivity contribution in [3.05, 3.63) is 30.1 Å². The zero-order chi connectivity index (χ0) is 11.5. The Morgan fingerprint density at radius 2 is 1.94 bits per heavy atom. The van der Waals surface area contributed by atoms with Crippen molar-refractivity contribution in [2.75, 3.05) is 6.61 Å². The molecule has 1 aromatic carbocycles. The van der Waals surface area contributed by atoms with E-state index in [1.165, 1.54) is 0 Å². The summed E-state index contributed by atoms with van der Waals surface area (Å²) in [7, 11) is 0. The number of ether oxygens (including phenoxy) is 1. The topological polar surface area (TPSA) is 78.1 Å². The van der Waals surface area contributed by atoms with Crippen molar-refractivity contribution in [3.63, 3.8) is 0 Å². The fourth-order valence-corrected chi connectivity index (χ4v) is 1.40. The molecule has 5 nitrogen and oxygen atoms in total. The highest BCUT2D eigenvalue weighted by molar-refractivity contribution is 5.93. The average Bonchev–Trinajstić information content (AvgIpc) is 2.29. The number of fused-ring (bicyclic) bond motifs is 1. The third kappa shape index (κ3) is 3.21. The van der Waals surface area contributed by atoms with Crippen molar-refractivity contribution >= 4 is 41.6 Å². The summed E-state index contributed by atoms with van der Waals surface area (Å²) < 4.78 is 5.35. The molecule has 0 aliphatic heterocycles. The Morgan fingerprint density at radius 3 is 2.56 bits per heavy atom. The summed E-state index contributed by atoms with van der Waals surface area (Å²) in [5.41, 5.74) is 5.80. The maximum Gasteiger partial charge on any atom is 0.286 e. The Morgan fingerprint density at radius 1 is 1.28 bits per heavy atom. The first-order valence-electron chi connectivity index (χ1n) is 4.91. The Kier molecular flexibility index (Phi) is 6.36. The van der Waals surface area contributed by atoms with Gasteiger partial charge in [0.25, 0.3) is 5.91 Å². The van der Waals surface area contributed by atoms with Crippen molar-refractivity contribution in [3.8, 4) is 5.88 Å². The molecule has 1 amide bonds. The van der Waals surface area contributed by atoms with E-state index in [1.807, 2.05) is 25.1 Å². The smallest absolute Gasteiger partial charge is 0.286 e. The van der Waals surface area contributed by atoms with E-state index in [1.54, 1.807) is 6.07 Å². The van der Waals surface area contributed by atoms with Gasteiger partial charge in [-0.05, 0) is 19.1 Å². The molecule has 7 heteroatoms. The summed E-state index contributed by atoms with van der Waals surface area (Å²) in [6.45, 7) is 2.32. The molecular formula is C11H13Cl2N3O2. The van der Waals surface area contributed by atoms with Crippen LogP contribution in [0.3, 0.4) is 0 Å². The van der Waals surface area contributed by atoms with Gasteiger partial charge >= 0.3 is 0 Å². The van der Waals surface area contributed by atoms with Crippen LogP contribution in [-0.2, 0) is 0 Å². The number of aromatic nitrogens is 2. The first kappa shape index (κ1) is 16.4. The van der Waals surface area contributed by atoms with Gasteiger partial charge in [-0.1, -0.05) is 12.1 Å². The van der Waals surface area contributed by atoms with Crippen LogP contribution in [-0.4, -0.2) is 22.5 Å². The summed E-state index contributed by atoms with van der Waals surface area (Å²) >= 11 is 0. The van der Waals surface area contributed by atoms with Crippen molar-refractivity contribution < 1.29 is 9.53 Å². The molecular weight excluding hydrogens is 277 g/mol. The lowest BCUT2D eigenvalue weighted by molar-refractivity contribution is 0.0989. The minimum Gasteiger partial charge on any atom is -0.477 e. The third-order valence-electron chi connectivity index (χ3n) is 2.07. The number of carbonyl (C=O) groups excluding carboxylic acids is 1. The number of primary amides is 1. The second-order valence-electron chi connectivity index (χ2n) is 3.17.